The Morgan fingerprint density at radius 1 is 0.732 bits per heavy atom. The van der Waals surface area contributed by atoms with Crippen molar-refractivity contribution in [2.45, 2.75) is 194 Å². The van der Waals surface area contributed by atoms with Gasteiger partial charge in [0.1, 0.15) is 5.25 Å². The summed E-state index contributed by atoms with van der Waals surface area (Å²) in [7, 11) is 0. The monoisotopic (exact) mass is 614 g/mol. The average molecular weight is 614 g/mol. The first kappa shape index (κ1) is 43.3. The van der Waals surface area contributed by atoms with Gasteiger partial charge in [0, 0.05) is 18.5 Å². The van der Waals surface area contributed by atoms with Gasteiger partial charge in [0.15, 0.2) is 0 Å². The van der Waals surface area contributed by atoms with E-state index >= 15 is 0 Å². The molecule has 0 saturated carbocycles. The highest BCUT2D eigenvalue weighted by atomic mass is 32.2. The van der Waals surface area contributed by atoms with Crippen molar-refractivity contribution in [1.29, 1.82) is 5.26 Å². The molecule has 4 unspecified atom stereocenters. The molecule has 0 radical (unpaired) electrons. The van der Waals surface area contributed by atoms with Crippen LogP contribution in [0.3, 0.4) is 0 Å². The summed E-state index contributed by atoms with van der Waals surface area (Å²) in [6, 6.07) is 2.34. The molecular formula is C37H75NOS2. The number of thioether (sulfide) groups is 1. The molecule has 0 heterocycles. The summed E-state index contributed by atoms with van der Waals surface area (Å²) in [6.07, 6.45) is 27.2. The predicted molar refractivity (Wildman–Crippen MR) is 193 cm³/mol. The molecule has 0 spiro atoms. The molecular weight excluding hydrogens is 539 g/mol. The van der Waals surface area contributed by atoms with Crippen molar-refractivity contribution in [1.82, 2.24) is 0 Å². The lowest BCUT2D eigenvalue weighted by molar-refractivity contribution is 0.117. The van der Waals surface area contributed by atoms with E-state index in [2.05, 4.69) is 67.2 Å². The Kier molecular flexibility index (Phi) is 33.3. The summed E-state index contributed by atoms with van der Waals surface area (Å²) >= 11 is 6.14. The van der Waals surface area contributed by atoms with Crippen LogP contribution >= 0.6 is 24.4 Å². The summed E-state index contributed by atoms with van der Waals surface area (Å²) in [4.78, 5) is 0. The summed E-state index contributed by atoms with van der Waals surface area (Å²) in [5.74, 6) is 2.74. The first-order valence-corrected chi connectivity index (χ1v) is 19.5. The predicted octanol–water partition coefficient (Wildman–Crippen LogP) is 13.1. The van der Waals surface area contributed by atoms with Gasteiger partial charge in [-0.3, -0.25) is 0 Å². The highest BCUT2D eigenvalue weighted by Gasteiger charge is 2.25. The average Bonchev–Trinajstić information content (AvgIpc) is 2.96. The molecule has 41 heavy (non-hydrogen) atoms. The minimum atomic E-state index is 0.0496. The Balaban J connectivity index is 0. The Bertz CT molecular complexity index is 562. The first-order chi connectivity index (χ1) is 19.7. The number of nitriles is 1. The highest BCUT2D eigenvalue weighted by Crippen LogP contribution is 2.36. The minimum absolute atomic E-state index is 0.0496. The number of nitrogens with zero attached hydrogens (tertiary/aromatic N) is 1. The van der Waals surface area contributed by atoms with Gasteiger partial charge in [-0.2, -0.15) is 17.9 Å². The molecule has 0 aromatic carbocycles. The van der Waals surface area contributed by atoms with E-state index in [9.17, 15) is 0 Å². The number of hydrogen-bond donors (Lipinski definition) is 1. The molecule has 0 aliphatic carbocycles. The van der Waals surface area contributed by atoms with Crippen molar-refractivity contribution < 1.29 is 4.74 Å². The van der Waals surface area contributed by atoms with Crippen molar-refractivity contribution in [2.75, 3.05) is 19.0 Å². The van der Waals surface area contributed by atoms with Gasteiger partial charge in [0.25, 0.3) is 0 Å². The van der Waals surface area contributed by atoms with Crippen LogP contribution in [0.5, 0.6) is 0 Å². The Morgan fingerprint density at radius 2 is 1.24 bits per heavy atom. The van der Waals surface area contributed by atoms with Crippen molar-refractivity contribution in [2.24, 2.45) is 17.3 Å². The molecule has 0 N–H and O–H groups in total. The van der Waals surface area contributed by atoms with Crippen LogP contribution in [0, 0.1) is 28.6 Å². The summed E-state index contributed by atoms with van der Waals surface area (Å²) in [6.45, 7) is 20.3. The number of unbranched alkanes of at least 4 members (excludes halogenated alkanes) is 14. The van der Waals surface area contributed by atoms with Crippen molar-refractivity contribution >= 4 is 24.4 Å². The fourth-order valence-corrected chi connectivity index (χ4v) is 6.29. The van der Waals surface area contributed by atoms with E-state index in [0.29, 0.717) is 5.41 Å². The van der Waals surface area contributed by atoms with E-state index in [-0.39, 0.29) is 10.5 Å². The van der Waals surface area contributed by atoms with Gasteiger partial charge in [-0.1, -0.05) is 158 Å². The number of ether oxygens (including phenoxy) is 1. The third kappa shape index (κ3) is 28.7. The van der Waals surface area contributed by atoms with Crippen LogP contribution in [-0.4, -0.2) is 29.5 Å². The molecule has 0 aromatic heterocycles. The van der Waals surface area contributed by atoms with E-state index < -0.39 is 0 Å². The second-order valence-electron chi connectivity index (χ2n) is 13.3. The van der Waals surface area contributed by atoms with Gasteiger partial charge in [0.2, 0.25) is 0 Å². The van der Waals surface area contributed by atoms with Crippen LogP contribution in [-0.2, 0) is 4.74 Å². The minimum Gasteiger partial charge on any atom is -0.381 e. The molecule has 0 amide bonds. The summed E-state index contributed by atoms with van der Waals surface area (Å²) in [5, 5.41) is 9.25. The van der Waals surface area contributed by atoms with Crippen LogP contribution < -0.4 is 0 Å². The fourth-order valence-electron chi connectivity index (χ4n) is 4.99. The maximum Gasteiger partial charge on any atom is 0.103 e. The zero-order valence-corrected chi connectivity index (χ0v) is 31.0. The molecule has 0 bridgehead atoms. The molecule has 246 valence electrons. The van der Waals surface area contributed by atoms with E-state index in [4.69, 9.17) is 10.00 Å². The third-order valence-electron chi connectivity index (χ3n) is 9.30. The molecule has 0 fully saturated rings. The van der Waals surface area contributed by atoms with Crippen molar-refractivity contribution in [3.05, 3.63) is 0 Å². The topological polar surface area (TPSA) is 33.0 Å². The molecule has 2 nitrogen and oxygen atoms in total. The molecule has 0 aromatic rings. The normalized spacial score (nSPS) is 15.0. The van der Waals surface area contributed by atoms with Crippen LogP contribution in [0.25, 0.3) is 0 Å². The van der Waals surface area contributed by atoms with Crippen LogP contribution in [0.2, 0.25) is 0 Å². The van der Waals surface area contributed by atoms with Crippen LogP contribution in [0.1, 0.15) is 184 Å². The lowest BCUT2D eigenvalue weighted by Gasteiger charge is -2.32. The molecule has 0 saturated heterocycles. The summed E-state index contributed by atoms with van der Waals surface area (Å²) < 4.78 is 5.63. The van der Waals surface area contributed by atoms with Crippen molar-refractivity contribution in [3.63, 3.8) is 0 Å². The van der Waals surface area contributed by atoms with Gasteiger partial charge < -0.3 is 4.74 Å². The third-order valence-corrected chi connectivity index (χ3v) is 11.2. The van der Waals surface area contributed by atoms with E-state index in [1.807, 2.05) is 6.92 Å². The van der Waals surface area contributed by atoms with Crippen molar-refractivity contribution in [3.8, 4) is 6.07 Å². The fraction of sp³-hybridized carbons (Fsp3) is 0.973. The maximum absolute atomic E-state index is 9.02. The first-order valence-electron chi connectivity index (χ1n) is 17.9. The molecule has 0 aliphatic heterocycles. The second-order valence-corrected chi connectivity index (χ2v) is 15.4. The van der Waals surface area contributed by atoms with Crippen LogP contribution in [0.4, 0.5) is 0 Å². The van der Waals surface area contributed by atoms with Gasteiger partial charge in [-0.25, -0.2) is 0 Å². The zero-order chi connectivity index (χ0) is 31.2. The number of hydrogen-bond acceptors (Lipinski definition) is 4. The van der Waals surface area contributed by atoms with Gasteiger partial charge >= 0.3 is 0 Å². The number of rotatable bonds is 28. The SMILES string of the molecule is CCC(C)(CCCCCCCCCCCSC(C#N)C(C)S)C(C)C.CCCCCCCCCOCCC(C)CC. The van der Waals surface area contributed by atoms with E-state index in [1.165, 1.54) is 128 Å². The highest BCUT2D eigenvalue weighted by molar-refractivity contribution is 8.00. The summed E-state index contributed by atoms with van der Waals surface area (Å²) in [5.41, 5.74) is 0.549. The van der Waals surface area contributed by atoms with E-state index in [1.54, 1.807) is 11.8 Å². The van der Waals surface area contributed by atoms with Gasteiger partial charge in [-0.15, -0.1) is 11.8 Å². The lowest BCUT2D eigenvalue weighted by Crippen LogP contribution is -2.22. The lowest BCUT2D eigenvalue weighted by atomic mass is 9.73. The smallest absolute Gasteiger partial charge is 0.103 e. The maximum atomic E-state index is 9.02. The zero-order valence-electron chi connectivity index (χ0n) is 29.3. The Labute approximate surface area is 270 Å². The van der Waals surface area contributed by atoms with Gasteiger partial charge in [0.05, 0.1) is 6.07 Å². The second kappa shape index (κ2) is 31.6. The largest absolute Gasteiger partial charge is 0.381 e. The molecule has 0 aliphatic rings. The molecule has 4 heteroatoms. The molecule has 4 atom stereocenters. The number of thiol groups is 1. The Morgan fingerprint density at radius 3 is 1.71 bits per heavy atom. The molecule has 0 rings (SSSR count). The van der Waals surface area contributed by atoms with Crippen LogP contribution in [0.15, 0.2) is 0 Å². The standard InChI is InChI=1S/C22H43NS2.C15H32O/c1-6-22(5,19(2)3)16-14-12-10-8-7-9-11-13-15-17-25-21(18-23)20(4)24;1-4-6-7-8-9-10-11-13-16-14-12-15(3)5-2/h19-21,24H,6-17H2,1-5H3;15H,4-14H2,1-3H3. The van der Waals surface area contributed by atoms with E-state index in [0.717, 1.165) is 30.8 Å². The Hall–Kier alpha value is 0.150. The van der Waals surface area contributed by atoms with Gasteiger partial charge in [-0.05, 0) is 48.7 Å². The quantitative estimate of drug-likeness (QED) is 0.0704.